The molecule has 1 aromatic heterocycles. The van der Waals surface area contributed by atoms with Crippen LogP contribution in [-0.4, -0.2) is 32.6 Å². The number of amides is 1. The Kier molecular flexibility index (Phi) is 6.16. The number of thiazole rings is 1. The highest BCUT2D eigenvalue weighted by Crippen LogP contribution is 2.21. The van der Waals surface area contributed by atoms with Crippen molar-refractivity contribution in [2.75, 3.05) is 13.7 Å². The molecule has 8 nitrogen and oxygen atoms in total. The molecule has 10 heteroatoms. The van der Waals surface area contributed by atoms with E-state index in [4.69, 9.17) is 14.6 Å². The van der Waals surface area contributed by atoms with Gasteiger partial charge in [0.1, 0.15) is 11.5 Å². The lowest BCUT2D eigenvalue weighted by Gasteiger charge is -2.05. The first-order valence-corrected chi connectivity index (χ1v) is 10.8. The average Bonchev–Trinajstić information content (AvgIpc) is 3.03. The highest BCUT2D eigenvalue weighted by atomic mass is 32.2. The average molecular weight is 434 g/mol. The number of hydrogen-bond acceptors (Lipinski definition) is 6. The number of hydrogen-bond donors (Lipinski definition) is 1. The normalized spacial score (nSPS) is 12.1. The second-order valence-electron chi connectivity index (χ2n) is 5.93. The van der Waals surface area contributed by atoms with Crippen LogP contribution < -0.4 is 19.4 Å². The Morgan fingerprint density at radius 2 is 1.93 bits per heavy atom. The van der Waals surface area contributed by atoms with Gasteiger partial charge in [0.25, 0.3) is 5.91 Å². The number of nitrogens with zero attached hydrogens (tertiary/aromatic N) is 2. The Bertz CT molecular complexity index is 1220. The van der Waals surface area contributed by atoms with Crippen molar-refractivity contribution in [3.63, 3.8) is 0 Å². The molecule has 0 radical (unpaired) electrons. The van der Waals surface area contributed by atoms with E-state index in [0.29, 0.717) is 27.5 Å². The first-order chi connectivity index (χ1) is 13.8. The minimum Gasteiger partial charge on any atom is -0.497 e. The summed E-state index contributed by atoms with van der Waals surface area (Å²) in [5, 5.41) is 5.20. The fourth-order valence-corrected chi connectivity index (χ4v) is 4.29. The van der Waals surface area contributed by atoms with Crippen LogP contribution in [0.2, 0.25) is 0 Å². The van der Waals surface area contributed by atoms with Gasteiger partial charge in [-0.1, -0.05) is 17.4 Å². The third kappa shape index (κ3) is 4.91. The number of methoxy groups -OCH3 is 1. The van der Waals surface area contributed by atoms with E-state index >= 15 is 0 Å². The Labute approximate surface area is 171 Å². The summed E-state index contributed by atoms with van der Waals surface area (Å²) in [6.45, 7) is 3.88. The molecule has 0 aliphatic heterocycles. The first-order valence-electron chi connectivity index (χ1n) is 8.43. The summed E-state index contributed by atoms with van der Waals surface area (Å²) in [5.74, 6) is 0.724. The molecule has 0 saturated carbocycles. The summed E-state index contributed by atoms with van der Waals surface area (Å²) in [4.78, 5) is 16.8. The van der Waals surface area contributed by atoms with Gasteiger partial charge in [0.05, 0.1) is 22.2 Å². The van der Waals surface area contributed by atoms with Crippen molar-refractivity contribution in [3.05, 3.63) is 59.9 Å². The maximum absolute atomic E-state index is 12.3. The molecule has 3 rings (SSSR count). The van der Waals surface area contributed by atoms with Crippen LogP contribution in [0.5, 0.6) is 11.5 Å². The molecule has 3 aromatic rings. The predicted molar refractivity (Wildman–Crippen MR) is 110 cm³/mol. The summed E-state index contributed by atoms with van der Waals surface area (Å²) in [6.07, 6.45) is 1.66. The minimum absolute atomic E-state index is 0.00211. The van der Waals surface area contributed by atoms with Gasteiger partial charge in [0.2, 0.25) is 10.0 Å². The number of ether oxygens (including phenoxy) is 2. The van der Waals surface area contributed by atoms with E-state index in [9.17, 15) is 13.2 Å². The van der Waals surface area contributed by atoms with Crippen LogP contribution in [0, 0.1) is 0 Å². The highest BCUT2D eigenvalue weighted by molar-refractivity contribution is 7.89. The number of carbonyl (C=O) groups is 1. The maximum atomic E-state index is 12.3. The van der Waals surface area contributed by atoms with Crippen molar-refractivity contribution in [3.8, 4) is 11.5 Å². The molecule has 1 amide bonds. The molecule has 0 fully saturated rings. The van der Waals surface area contributed by atoms with E-state index in [1.54, 1.807) is 48.1 Å². The highest BCUT2D eigenvalue weighted by Gasteiger charge is 2.13. The molecule has 2 N–H and O–H groups in total. The molecule has 152 valence electrons. The molecule has 29 heavy (non-hydrogen) atoms. The van der Waals surface area contributed by atoms with Crippen molar-refractivity contribution in [2.45, 2.75) is 11.4 Å². The van der Waals surface area contributed by atoms with Gasteiger partial charge >= 0.3 is 0 Å². The fourth-order valence-electron chi connectivity index (χ4n) is 2.58. The zero-order chi connectivity index (χ0) is 21.0. The van der Waals surface area contributed by atoms with Gasteiger partial charge in [0, 0.05) is 6.54 Å². The largest absolute Gasteiger partial charge is 0.497 e. The molecule has 0 spiro atoms. The number of allylic oxidation sites excluding steroid dienone is 1. The van der Waals surface area contributed by atoms with E-state index in [1.165, 1.54) is 23.5 Å². The molecule has 0 aliphatic rings. The van der Waals surface area contributed by atoms with Crippen molar-refractivity contribution in [2.24, 2.45) is 10.1 Å². The van der Waals surface area contributed by atoms with E-state index in [0.717, 1.165) is 5.52 Å². The Morgan fingerprint density at radius 1 is 1.24 bits per heavy atom. The Morgan fingerprint density at radius 3 is 2.55 bits per heavy atom. The summed E-state index contributed by atoms with van der Waals surface area (Å²) in [6, 6.07) is 11.4. The lowest BCUT2D eigenvalue weighted by molar-refractivity contribution is -0.120. The fraction of sp³-hybridized carbons (Fsp3) is 0.158. The van der Waals surface area contributed by atoms with Crippen LogP contribution in [0.4, 0.5) is 0 Å². The lowest BCUT2D eigenvalue weighted by atomic mass is 10.3. The third-order valence-corrected chi connectivity index (χ3v) is 5.89. The van der Waals surface area contributed by atoms with Crippen LogP contribution in [0.25, 0.3) is 10.2 Å². The van der Waals surface area contributed by atoms with E-state index in [-0.39, 0.29) is 11.5 Å². The molecule has 0 bridgehead atoms. The second-order valence-corrected chi connectivity index (χ2v) is 8.50. The molecule has 2 aromatic carbocycles. The van der Waals surface area contributed by atoms with E-state index in [1.807, 2.05) is 0 Å². The van der Waals surface area contributed by atoms with Gasteiger partial charge in [-0.3, -0.25) is 4.79 Å². The monoisotopic (exact) mass is 433 g/mol. The quantitative estimate of drug-likeness (QED) is 0.573. The zero-order valence-corrected chi connectivity index (χ0v) is 17.2. The number of benzene rings is 2. The molecule has 0 aliphatic carbocycles. The summed E-state index contributed by atoms with van der Waals surface area (Å²) >= 11 is 1.18. The number of aromatic nitrogens is 1. The topological polar surface area (TPSA) is 113 Å². The number of primary sulfonamides is 1. The number of sulfonamides is 1. The summed E-state index contributed by atoms with van der Waals surface area (Å²) < 4.78 is 36.1. The molecule has 0 saturated heterocycles. The van der Waals surface area contributed by atoms with Crippen molar-refractivity contribution in [1.29, 1.82) is 0 Å². The third-order valence-electron chi connectivity index (χ3n) is 3.94. The van der Waals surface area contributed by atoms with Crippen molar-refractivity contribution in [1.82, 2.24) is 4.57 Å². The molecule has 1 heterocycles. The van der Waals surface area contributed by atoms with Crippen molar-refractivity contribution >= 4 is 37.5 Å². The SMILES string of the molecule is C=CCn1c(=NC(=O)COc2ccc(OC)cc2)sc2cc(S(N)(=O)=O)ccc21. The van der Waals surface area contributed by atoms with Crippen molar-refractivity contribution < 1.29 is 22.7 Å². The predicted octanol–water partition coefficient (Wildman–Crippen LogP) is 2.05. The number of carbonyl (C=O) groups excluding carboxylic acids is 1. The summed E-state index contributed by atoms with van der Waals surface area (Å²) in [5.41, 5.74) is 0.727. The van der Waals surface area contributed by atoms with Gasteiger partial charge in [-0.2, -0.15) is 4.99 Å². The van der Waals surface area contributed by atoms with Gasteiger partial charge in [0.15, 0.2) is 11.4 Å². The van der Waals surface area contributed by atoms with Gasteiger partial charge in [-0.15, -0.1) is 6.58 Å². The van der Waals surface area contributed by atoms with Crippen LogP contribution in [0.3, 0.4) is 0 Å². The van der Waals surface area contributed by atoms with Gasteiger partial charge in [-0.05, 0) is 42.5 Å². The lowest BCUT2D eigenvalue weighted by Crippen LogP contribution is -2.19. The van der Waals surface area contributed by atoms with E-state index < -0.39 is 15.9 Å². The molecular weight excluding hydrogens is 414 g/mol. The van der Waals surface area contributed by atoms with Crippen LogP contribution >= 0.6 is 11.3 Å². The number of rotatable bonds is 7. The number of fused-ring (bicyclic) bond motifs is 1. The molecular formula is C19H19N3O5S2. The minimum atomic E-state index is -3.83. The Hall–Kier alpha value is -2.95. The number of nitrogens with two attached hydrogens (primary N) is 1. The van der Waals surface area contributed by atoms with Crippen LogP contribution in [-0.2, 0) is 21.4 Å². The maximum Gasteiger partial charge on any atom is 0.286 e. The zero-order valence-electron chi connectivity index (χ0n) is 15.6. The molecule has 0 atom stereocenters. The van der Waals surface area contributed by atoms with Crippen LogP contribution in [0.1, 0.15) is 0 Å². The van der Waals surface area contributed by atoms with E-state index in [2.05, 4.69) is 11.6 Å². The molecule has 0 unspecified atom stereocenters. The van der Waals surface area contributed by atoms with Crippen LogP contribution in [0.15, 0.2) is 65.0 Å². The van der Waals surface area contributed by atoms with Gasteiger partial charge in [-0.25, -0.2) is 13.6 Å². The standard InChI is InChI=1S/C19H19N3O5S2/c1-3-10-22-16-9-8-15(29(20,24)25)11-17(16)28-19(22)21-18(23)12-27-14-6-4-13(26-2)5-7-14/h3-9,11H,1,10,12H2,2H3,(H2,20,24,25). The second kappa shape index (κ2) is 8.60. The first kappa shape index (κ1) is 20.8. The summed E-state index contributed by atoms with van der Waals surface area (Å²) in [7, 11) is -2.26. The van der Waals surface area contributed by atoms with Gasteiger partial charge < -0.3 is 14.0 Å². The smallest absolute Gasteiger partial charge is 0.286 e. The Balaban J connectivity index is 1.89.